The lowest BCUT2D eigenvalue weighted by Gasteiger charge is -2.50. The molecule has 206 valence electrons. The first-order valence-electron chi connectivity index (χ1n) is 14.9. The molecule has 6 aromatic carbocycles. The highest BCUT2D eigenvalue weighted by molar-refractivity contribution is 6.01. The van der Waals surface area contributed by atoms with E-state index >= 15 is 4.79 Å². The average Bonchev–Trinajstić information content (AvgIpc) is 3.08. The van der Waals surface area contributed by atoms with Gasteiger partial charge in [0, 0.05) is 20.0 Å². The lowest BCUT2D eigenvalue weighted by molar-refractivity contribution is -0.132. The minimum absolute atomic E-state index is 0.0521. The zero-order valence-electron chi connectivity index (χ0n) is 24.3. The van der Waals surface area contributed by atoms with Crippen molar-refractivity contribution in [3.63, 3.8) is 0 Å². The molecule has 2 bridgehead atoms. The van der Waals surface area contributed by atoms with E-state index in [1.54, 1.807) is 4.90 Å². The summed E-state index contributed by atoms with van der Waals surface area (Å²) in [6.45, 7) is 0. The number of nitrogens with zero attached hydrogens (tertiary/aromatic N) is 1. The number of hydrogen-bond donors (Lipinski definition) is 0. The van der Waals surface area contributed by atoms with Gasteiger partial charge in [0.1, 0.15) is 5.41 Å². The number of benzene rings is 6. The summed E-state index contributed by atoms with van der Waals surface area (Å²) in [4.78, 5) is 16.8. The van der Waals surface area contributed by atoms with Gasteiger partial charge in [-0.3, -0.25) is 4.79 Å². The largest absolute Gasteiger partial charge is 0.347 e. The van der Waals surface area contributed by atoms with E-state index in [9.17, 15) is 0 Å². The topological polar surface area (TPSA) is 20.3 Å². The van der Waals surface area contributed by atoms with Crippen LogP contribution < -0.4 is 0 Å². The Morgan fingerprint density at radius 2 is 0.791 bits per heavy atom. The van der Waals surface area contributed by atoms with Crippen molar-refractivity contribution in [3.8, 4) is 33.4 Å². The molecule has 0 atom stereocenters. The van der Waals surface area contributed by atoms with Crippen LogP contribution in [0.3, 0.4) is 0 Å². The van der Waals surface area contributed by atoms with E-state index in [2.05, 4.69) is 127 Å². The maximum atomic E-state index is 15.0. The third kappa shape index (κ3) is 3.69. The van der Waals surface area contributed by atoms with Crippen molar-refractivity contribution in [1.29, 1.82) is 0 Å². The third-order valence-corrected chi connectivity index (χ3v) is 9.35. The van der Waals surface area contributed by atoms with E-state index in [-0.39, 0.29) is 11.8 Å². The fourth-order valence-corrected chi connectivity index (χ4v) is 7.45. The second kappa shape index (κ2) is 9.68. The van der Waals surface area contributed by atoms with Crippen LogP contribution in [0, 0.1) is 0 Å². The van der Waals surface area contributed by atoms with Crippen LogP contribution in [0.2, 0.25) is 0 Å². The molecule has 43 heavy (non-hydrogen) atoms. The van der Waals surface area contributed by atoms with Gasteiger partial charge in [0.2, 0.25) is 5.91 Å². The summed E-state index contributed by atoms with van der Waals surface area (Å²) >= 11 is 0. The van der Waals surface area contributed by atoms with Gasteiger partial charge in [0.15, 0.2) is 0 Å². The Hall–Kier alpha value is -5.21. The molecular formula is C41H31NO. The minimum Gasteiger partial charge on any atom is -0.347 e. The predicted molar refractivity (Wildman–Crippen MR) is 175 cm³/mol. The van der Waals surface area contributed by atoms with Gasteiger partial charge in [-0.2, -0.15) is 0 Å². The van der Waals surface area contributed by atoms with Crippen LogP contribution in [0.15, 0.2) is 146 Å². The minimum atomic E-state index is -0.987. The predicted octanol–water partition coefficient (Wildman–Crippen LogP) is 8.92. The molecule has 0 radical (unpaired) electrons. The normalized spacial score (nSPS) is 17.5. The van der Waals surface area contributed by atoms with Crippen LogP contribution in [0.25, 0.3) is 33.4 Å². The number of carbonyl (C=O) groups excluding carboxylic acids is 1. The fraction of sp³-hybridized carbons (Fsp3) is 0.0976. The molecule has 1 amide bonds. The van der Waals surface area contributed by atoms with E-state index in [0.717, 1.165) is 50.1 Å². The summed E-state index contributed by atoms with van der Waals surface area (Å²) in [7, 11) is 3.78. The first-order valence-corrected chi connectivity index (χ1v) is 14.9. The van der Waals surface area contributed by atoms with Crippen LogP contribution in [-0.2, 0) is 10.2 Å². The maximum Gasteiger partial charge on any atom is 0.241 e. The Balaban J connectivity index is 1.48. The summed E-state index contributed by atoms with van der Waals surface area (Å²) in [6.07, 6.45) is 0. The van der Waals surface area contributed by atoms with Gasteiger partial charge in [-0.1, -0.05) is 127 Å². The number of likely N-dealkylation sites (N-methyl/N-ethyl adjacent to an activating group) is 1. The monoisotopic (exact) mass is 553 g/mol. The highest BCUT2D eigenvalue weighted by atomic mass is 16.2. The smallest absolute Gasteiger partial charge is 0.241 e. The Morgan fingerprint density at radius 3 is 1.09 bits per heavy atom. The highest BCUT2D eigenvalue weighted by Crippen LogP contribution is 2.61. The van der Waals surface area contributed by atoms with E-state index < -0.39 is 5.41 Å². The molecule has 0 aromatic heterocycles. The molecule has 0 aliphatic heterocycles. The van der Waals surface area contributed by atoms with Gasteiger partial charge in [0.05, 0.1) is 0 Å². The number of carbonyl (C=O) groups is 1. The zero-order chi connectivity index (χ0) is 29.1. The van der Waals surface area contributed by atoms with E-state index in [0.29, 0.717) is 0 Å². The second-order valence-corrected chi connectivity index (χ2v) is 11.9. The van der Waals surface area contributed by atoms with Gasteiger partial charge in [0.25, 0.3) is 0 Å². The molecular weight excluding hydrogens is 522 g/mol. The van der Waals surface area contributed by atoms with Crippen molar-refractivity contribution in [2.24, 2.45) is 0 Å². The first-order chi connectivity index (χ1) is 21.1. The van der Waals surface area contributed by atoms with Gasteiger partial charge < -0.3 is 4.90 Å². The quantitative estimate of drug-likeness (QED) is 0.213. The Kier molecular flexibility index (Phi) is 5.74. The molecule has 0 saturated carbocycles. The summed E-state index contributed by atoms with van der Waals surface area (Å²) in [5.41, 5.74) is 12.8. The second-order valence-electron chi connectivity index (χ2n) is 11.9. The summed E-state index contributed by atoms with van der Waals surface area (Å²) in [6, 6.07) is 51.8. The number of amides is 1. The molecule has 0 spiro atoms. The molecule has 0 heterocycles. The lowest BCUT2D eigenvalue weighted by Crippen LogP contribution is -2.52. The van der Waals surface area contributed by atoms with Crippen molar-refractivity contribution in [1.82, 2.24) is 4.90 Å². The molecule has 3 aliphatic rings. The molecule has 0 fully saturated rings. The highest BCUT2D eigenvalue weighted by Gasteiger charge is 2.57. The van der Waals surface area contributed by atoms with Crippen LogP contribution in [0.1, 0.15) is 39.3 Å². The van der Waals surface area contributed by atoms with Crippen LogP contribution in [0.4, 0.5) is 0 Å². The Labute approximate surface area is 252 Å². The molecule has 6 aromatic rings. The molecule has 3 aliphatic carbocycles. The van der Waals surface area contributed by atoms with Crippen molar-refractivity contribution < 1.29 is 4.79 Å². The molecule has 0 unspecified atom stereocenters. The molecule has 2 nitrogen and oxygen atoms in total. The number of hydrogen-bond acceptors (Lipinski definition) is 1. The van der Waals surface area contributed by atoms with Crippen molar-refractivity contribution >= 4 is 5.91 Å². The Morgan fingerprint density at radius 1 is 0.465 bits per heavy atom. The molecule has 9 rings (SSSR count). The standard InChI is InChI=1S/C41H31NO/c1-42(2)40(43)41-36-24-30(27-12-6-3-7-13-27)18-21-33(36)39(34-22-19-31(25-37(34)41)28-14-8-4-9-15-28)35-23-20-32(26-38(35)41)29-16-10-5-11-17-29/h3-26,39H,1-2H3. The number of rotatable bonds is 4. The summed E-state index contributed by atoms with van der Waals surface area (Å²) in [5, 5.41) is 0. The van der Waals surface area contributed by atoms with Crippen LogP contribution >= 0.6 is 0 Å². The zero-order valence-corrected chi connectivity index (χ0v) is 24.3. The van der Waals surface area contributed by atoms with Crippen LogP contribution in [0.5, 0.6) is 0 Å². The van der Waals surface area contributed by atoms with E-state index in [1.807, 2.05) is 32.3 Å². The molecule has 0 saturated heterocycles. The SMILES string of the molecule is CN(C)C(=O)C12c3cc(-c4ccccc4)ccc3C(c3ccc(-c4ccccc4)cc31)c1ccc(-c3ccccc3)cc12. The third-order valence-electron chi connectivity index (χ3n) is 9.35. The average molecular weight is 554 g/mol. The maximum absolute atomic E-state index is 15.0. The Bertz CT molecular complexity index is 1790. The van der Waals surface area contributed by atoms with Gasteiger partial charge in [-0.05, 0) is 85.0 Å². The summed E-state index contributed by atoms with van der Waals surface area (Å²) < 4.78 is 0. The van der Waals surface area contributed by atoms with E-state index in [1.165, 1.54) is 16.7 Å². The van der Waals surface area contributed by atoms with E-state index in [4.69, 9.17) is 0 Å². The van der Waals surface area contributed by atoms with Crippen molar-refractivity contribution in [3.05, 3.63) is 179 Å². The lowest BCUT2D eigenvalue weighted by atomic mass is 9.52. The van der Waals surface area contributed by atoms with Gasteiger partial charge >= 0.3 is 0 Å². The summed E-state index contributed by atoms with van der Waals surface area (Å²) in [5.74, 6) is 0.131. The molecule has 0 N–H and O–H groups in total. The van der Waals surface area contributed by atoms with Gasteiger partial charge in [-0.25, -0.2) is 0 Å². The fourth-order valence-electron chi connectivity index (χ4n) is 7.45. The van der Waals surface area contributed by atoms with Crippen molar-refractivity contribution in [2.45, 2.75) is 11.3 Å². The van der Waals surface area contributed by atoms with Gasteiger partial charge in [-0.15, -0.1) is 0 Å². The molecule has 2 heteroatoms. The van der Waals surface area contributed by atoms with Crippen LogP contribution in [-0.4, -0.2) is 24.9 Å². The van der Waals surface area contributed by atoms with Crippen molar-refractivity contribution in [2.75, 3.05) is 14.1 Å². The first kappa shape index (κ1) is 25.5.